The predicted octanol–water partition coefficient (Wildman–Crippen LogP) is 6.68. The predicted molar refractivity (Wildman–Crippen MR) is 124 cm³/mol. The van der Waals surface area contributed by atoms with Crippen LogP contribution in [-0.2, 0) is 6.42 Å². The number of aromatic nitrogens is 2. The molecule has 0 unspecified atom stereocenters. The normalized spacial score (nSPS) is 14.4. The number of hydrogen-bond donors (Lipinski definition) is 0. The number of piperidine rings is 1. The highest BCUT2D eigenvalue weighted by Gasteiger charge is 2.12. The molecular formula is C22H22Cl2N4OS. The topological polar surface area (TPSA) is 50.6 Å². The van der Waals surface area contributed by atoms with E-state index in [2.05, 4.69) is 19.2 Å². The van der Waals surface area contributed by atoms with Gasteiger partial charge in [0.15, 0.2) is 5.82 Å². The van der Waals surface area contributed by atoms with E-state index in [4.69, 9.17) is 27.9 Å². The highest BCUT2D eigenvalue weighted by atomic mass is 35.5. The first-order valence-corrected chi connectivity index (χ1v) is 11.4. The van der Waals surface area contributed by atoms with Crippen LogP contribution in [0.25, 0.3) is 0 Å². The maximum Gasteiger partial charge on any atom is 0.298 e. The van der Waals surface area contributed by atoms with Crippen molar-refractivity contribution >= 4 is 46.8 Å². The average Bonchev–Trinajstić information content (AvgIpc) is 3.19. The highest BCUT2D eigenvalue weighted by Crippen LogP contribution is 2.35. The van der Waals surface area contributed by atoms with E-state index in [1.165, 1.54) is 30.8 Å². The maximum atomic E-state index is 6.46. The van der Waals surface area contributed by atoms with E-state index in [0.717, 1.165) is 29.9 Å². The summed E-state index contributed by atoms with van der Waals surface area (Å²) in [5.74, 6) is 1.26. The standard InChI is InChI=1S/C22H22Cl2N4OS/c1-15-11-20(18(24)13-19(15)25-14-28-9-3-2-4-10-28)29-22-26-21(27-30-22)12-16-5-7-17(23)8-6-16/h5-8,11,13-14H,2-4,9-10,12H2,1H3/b25-14-. The van der Waals surface area contributed by atoms with Crippen LogP contribution in [0.3, 0.4) is 0 Å². The summed E-state index contributed by atoms with van der Waals surface area (Å²) >= 11 is 13.6. The Bertz CT molecular complexity index is 1030. The molecule has 5 nitrogen and oxygen atoms in total. The number of benzene rings is 2. The molecule has 0 atom stereocenters. The van der Waals surface area contributed by atoms with Gasteiger partial charge in [0.05, 0.1) is 17.0 Å². The molecule has 1 saturated heterocycles. The van der Waals surface area contributed by atoms with E-state index in [1.54, 1.807) is 0 Å². The van der Waals surface area contributed by atoms with Crippen molar-refractivity contribution in [3.05, 3.63) is 63.4 Å². The van der Waals surface area contributed by atoms with Gasteiger partial charge in [-0.05, 0) is 61.6 Å². The Morgan fingerprint density at radius 1 is 1.13 bits per heavy atom. The highest BCUT2D eigenvalue weighted by molar-refractivity contribution is 7.07. The van der Waals surface area contributed by atoms with Crippen molar-refractivity contribution < 1.29 is 4.74 Å². The Hall–Kier alpha value is -2.15. The van der Waals surface area contributed by atoms with Crippen molar-refractivity contribution in [3.8, 4) is 10.9 Å². The first-order chi connectivity index (χ1) is 14.6. The molecule has 2 aromatic carbocycles. The maximum absolute atomic E-state index is 6.46. The third-order valence-electron chi connectivity index (χ3n) is 4.92. The molecule has 0 saturated carbocycles. The lowest BCUT2D eigenvalue weighted by Crippen LogP contribution is -2.28. The second-order valence-electron chi connectivity index (χ2n) is 7.29. The molecule has 156 valence electrons. The van der Waals surface area contributed by atoms with Crippen LogP contribution < -0.4 is 4.74 Å². The van der Waals surface area contributed by atoms with Gasteiger partial charge in [0, 0.05) is 36.1 Å². The fourth-order valence-electron chi connectivity index (χ4n) is 3.27. The number of rotatable bonds is 6. The number of aryl methyl sites for hydroxylation is 1. The summed E-state index contributed by atoms with van der Waals surface area (Å²) < 4.78 is 10.3. The van der Waals surface area contributed by atoms with Gasteiger partial charge in [0.25, 0.3) is 5.19 Å². The van der Waals surface area contributed by atoms with Gasteiger partial charge in [-0.15, -0.1) is 0 Å². The van der Waals surface area contributed by atoms with Crippen LogP contribution in [0.5, 0.6) is 10.9 Å². The molecule has 1 fully saturated rings. The van der Waals surface area contributed by atoms with Gasteiger partial charge in [-0.1, -0.05) is 35.3 Å². The average molecular weight is 461 g/mol. The number of hydrogen-bond acceptors (Lipinski definition) is 5. The summed E-state index contributed by atoms with van der Waals surface area (Å²) in [6, 6.07) is 11.4. The third kappa shape index (κ3) is 5.50. The zero-order chi connectivity index (χ0) is 20.9. The first-order valence-electron chi connectivity index (χ1n) is 9.90. The summed E-state index contributed by atoms with van der Waals surface area (Å²) in [5.41, 5.74) is 2.93. The van der Waals surface area contributed by atoms with Crippen molar-refractivity contribution in [1.29, 1.82) is 0 Å². The third-order valence-corrected chi connectivity index (χ3v) is 6.10. The summed E-state index contributed by atoms with van der Waals surface area (Å²) in [6.07, 6.45) is 6.29. The first kappa shape index (κ1) is 21.1. The summed E-state index contributed by atoms with van der Waals surface area (Å²) in [6.45, 7) is 4.12. The quantitative estimate of drug-likeness (QED) is 0.303. The van der Waals surface area contributed by atoms with Crippen LogP contribution in [0.4, 0.5) is 5.69 Å². The SMILES string of the molecule is Cc1cc(Oc2nc(Cc3ccc(Cl)cc3)ns2)c(Cl)cc1/N=C\N1CCCCC1. The van der Waals surface area contributed by atoms with Gasteiger partial charge >= 0.3 is 0 Å². The monoisotopic (exact) mass is 460 g/mol. The van der Waals surface area contributed by atoms with Crippen molar-refractivity contribution in [2.45, 2.75) is 32.6 Å². The Kier molecular flexibility index (Phi) is 6.87. The molecule has 0 aliphatic carbocycles. The molecule has 30 heavy (non-hydrogen) atoms. The van der Waals surface area contributed by atoms with Crippen LogP contribution in [0, 0.1) is 6.92 Å². The van der Waals surface area contributed by atoms with Gasteiger partial charge < -0.3 is 9.64 Å². The Morgan fingerprint density at radius 2 is 1.90 bits per heavy atom. The van der Waals surface area contributed by atoms with Gasteiger partial charge in [0.2, 0.25) is 0 Å². The lowest BCUT2D eigenvalue weighted by atomic mass is 10.1. The van der Waals surface area contributed by atoms with Crippen molar-refractivity contribution in [2.24, 2.45) is 4.99 Å². The molecule has 0 bridgehead atoms. The number of nitrogens with zero attached hydrogens (tertiary/aromatic N) is 4. The van der Waals surface area contributed by atoms with Crippen LogP contribution in [-0.4, -0.2) is 33.7 Å². The Morgan fingerprint density at radius 3 is 2.67 bits per heavy atom. The second kappa shape index (κ2) is 9.77. The minimum atomic E-state index is 0.463. The molecule has 1 aliphatic heterocycles. The van der Waals surface area contributed by atoms with Crippen molar-refractivity contribution in [1.82, 2.24) is 14.3 Å². The van der Waals surface area contributed by atoms with Crippen LogP contribution >= 0.6 is 34.7 Å². The lowest BCUT2D eigenvalue weighted by molar-refractivity contribution is 0.351. The molecule has 2 heterocycles. The zero-order valence-electron chi connectivity index (χ0n) is 16.6. The molecule has 0 N–H and O–H groups in total. The minimum Gasteiger partial charge on any atom is -0.428 e. The van der Waals surface area contributed by atoms with Gasteiger partial charge in [-0.2, -0.15) is 9.36 Å². The number of ether oxygens (including phenoxy) is 1. The van der Waals surface area contributed by atoms with Crippen LogP contribution in [0.15, 0.2) is 41.4 Å². The van der Waals surface area contributed by atoms with E-state index >= 15 is 0 Å². The molecule has 8 heteroatoms. The minimum absolute atomic E-state index is 0.463. The smallest absolute Gasteiger partial charge is 0.298 e. The van der Waals surface area contributed by atoms with Crippen molar-refractivity contribution in [3.63, 3.8) is 0 Å². The molecule has 4 rings (SSSR count). The van der Waals surface area contributed by atoms with E-state index in [0.29, 0.717) is 33.2 Å². The number of aliphatic imine (C=N–C) groups is 1. The molecule has 1 aromatic heterocycles. The molecule has 0 radical (unpaired) electrons. The fourth-order valence-corrected chi connectivity index (χ4v) is 4.15. The van der Waals surface area contributed by atoms with Gasteiger partial charge in [-0.25, -0.2) is 4.99 Å². The molecule has 3 aromatic rings. The molecular weight excluding hydrogens is 439 g/mol. The van der Waals surface area contributed by atoms with Crippen LogP contribution in [0.1, 0.15) is 36.2 Å². The fraction of sp³-hybridized carbons (Fsp3) is 0.318. The van der Waals surface area contributed by atoms with E-state index < -0.39 is 0 Å². The number of likely N-dealkylation sites (tertiary alicyclic amines) is 1. The summed E-state index contributed by atoms with van der Waals surface area (Å²) in [5, 5.41) is 1.67. The zero-order valence-corrected chi connectivity index (χ0v) is 19.0. The molecule has 1 aliphatic rings. The van der Waals surface area contributed by atoms with Gasteiger partial charge in [0.1, 0.15) is 5.75 Å². The largest absolute Gasteiger partial charge is 0.428 e. The van der Waals surface area contributed by atoms with Crippen LogP contribution in [0.2, 0.25) is 10.0 Å². The summed E-state index contributed by atoms with van der Waals surface area (Å²) in [4.78, 5) is 11.3. The molecule has 0 spiro atoms. The Balaban J connectivity index is 1.43. The second-order valence-corrected chi connectivity index (χ2v) is 8.85. The van der Waals surface area contributed by atoms with Gasteiger partial charge in [-0.3, -0.25) is 0 Å². The van der Waals surface area contributed by atoms with E-state index in [-0.39, 0.29) is 0 Å². The lowest BCUT2D eigenvalue weighted by Gasteiger charge is -2.23. The Labute approximate surface area is 190 Å². The number of halogens is 2. The van der Waals surface area contributed by atoms with E-state index in [9.17, 15) is 0 Å². The molecule has 0 amide bonds. The van der Waals surface area contributed by atoms with E-state index in [1.807, 2.05) is 49.7 Å². The summed E-state index contributed by atoms with van der Waals surface area (Å²) in [7, 11) is 0. The van der Waals surface area contributed by atoms with Crippen molar-refractivity contribution in [2.75, 3.05) is 13.1 Å².